The molecular formula is C18H19F3N2O3S. The molecule has 1 aromatic heterocycles. The summed E-state index contributed by atoms with van der Waals surface area (Å²) in [6, 6.07) is 4.52. The quantitative estimate of drug-likeness (QED) is 0.682. The van der Waals surface area contributed by atoms with Crippen molar-refractivity contribution in [1.29, 1.82) is 0 Å². The van der Waals surface area contributed by atoms with Gasteiger partial charge in [-0.1, -0.05) is 38.2 Å². The summed E-state index contributed by atoms with van der Waals surface area (Å²) in [6.07, 6.45) is -3.77. The Balaban J connectivity index is 2.67. The number of nitrogens with zero attached hydrogens (tertiary/aromatic N) is 2. The van der Waals surface area contributed by atoms with Crippen LogP contribution in [-0.4, -0.2) is 16.4 Å². The first-order valence-electron chi connectivity index (χ1n) is 8.41. The Morgan fingerprint density at radius 2 is 1.89 bits per heavy atom. The van der Waals surface area contributed by atoms with Crippen LogP contribution >= 0.6 is 11.3 Å². The van der Waals surface area contributed by atoms with Crippen LogP contribution in [0.2, 0.25) is 0 Å². The molecule has 146 valence electrons. The lowest BCUT2D eigenvalue weighted by Crippen LogP contribution is -2.24. The van der Waals surface area contributed by atoms with Crippen LogP contribution in [0.3, 0.4) is 0 Å². The van der Waals surface area contributed by atoms with Gasteiger partial charge in [-0.15, -0.1) is 0 Å². The third-order valence-corrected chi connectivity index (χ3v) is 4.78. The summed E-state index contributed by atoms with van der Waals surface area (Å²) in [7, 11) is 0. The number of esters is 1. The van der Waals surface area contributed by atoms with E-state index >= 15 is 0 Å². The highest BCUT2D eigenvalue weighted by Gasteiger charge is 2.30. The minimum atomic E-state index is -4.49. The standard InChI is InChI=1S/C18H19F3N2O3S/c1-4-13-16(26-15(25)6-3)23(14(24)5-2)17(27-13)22-12-9-7-8-11(10-12)18(19,20)21/h7-10H,4-6H2,1-3H3. The van der Waals surface area contributed by atoms with Crippen molar-refractivity contribution in [1.82, 2.24) is 4.57 Å². The van der Waals surface area contributed by atoms with Crippen molar-refractivity contribution in [3.8, 4) is 5.88 Å². The average Bonchev–Trinajstić information content (AvgIpc) is 2.97. The van der Waals surface area contributed by atoms with Gasteiger partial charge >= 0.3 is 12.1 Å². The number of alkyl halides is 3. The number of aromatic nitrogens is 1. The number of carbonyl (C=O) groups excluding carboxylic acids is 2. The van der Waals surface area contributed by atoms with E-state index in [-0.39, 0.29) is 35.1 Å². The molecule has 0 aliphatic carbocycles. The molecule has 0 radical (unpaired) electrons. The highest BCUT2D eigenvalue weighted by atomic mass is 32.1. The number of carbonyl (C=O) groups is 2. The van der Waals surface area contributed by atoms with Gasteiger partial charge < -0.3 is 4.74 Å². The van der Waals surface area contributed by atoms with Crippen molar-refractivity contribution in [3.63, 3.8) is 0 Å². The summed E-state index contributed by atoms with van der Waals surface area (Å²) in [5.41, 5.74) is -0.776. The third-order valence-electron chi connectivity index (χ3n) is 3.62. The Morgan fingerprint density at radius 1 is 1.19 bits per heavy atom. The van der Waals surface area contributed by atoms with Crippen molar-refractivity contribution in [2.24, 2.45) is 4.99 Å². The zero-order valence-electron chi connectivity index (χ0n) is 15.1. The fourth-order valence-electron chi connectivity index (χ4n) is 2.23. The molecule has 2 rings (SSSR count). The molecule has 0 bridgehead atoms. The molecule has 0 atom stereocenters. The minimum absolute atomic E-state index is 0.0553. The van der Waals surface area contributed by atoms with Crippen LogP contribution in [0.15, 0.2) is 29.3 Å². The van der Waals surface area contributed by atoms with Gasteiger partial charge in [0, 0.05) is 12.8 Å². The van der Waals surface area contributed by atoms with Crippen molar-refractivity contribution in [3.05, 3.63) is 39.5 Å². The maximum absolute atomic E-state index is 12.9. The van der Waals surface area contributed by atoms with Gasteiger partial charge in [-0.3, -0.25) is 9.59 Å². The SMILES string of the molecule is CCC(=O)Oc1c(CC)sc(=Nc2cccc(C(F)(F)F)c2)n1C(=O)CC. The van der Waals surface area contributed by atoms with E-state index in [2.05, 4.69) is 4.99 Å². The summed E-state index contributed by atoms with van der Waals surface area (Å²) < 4.78 is 45.2. The summed E-state index contributed by atoms with van der Waals surface area (Å²) in [5.74, 6) is -0.784. The minimum Gasteiger partial charge on any atom is -0.408 e. The Morgan fingerprint density at radius 3 is 2.44 bits per heavy atom. The Kier molecular flexibility index (Phi) is 6.59. The predicted octanol–water partition coefficient (Wildman–Crippen LogP) is 4.73. The Hall–Kier alpha value is -2.42. The van der Waals surface area contributed by atoms with Gasteiger partial charge in [0.15, 0.2) is 4.80 Å². The van der Waals surface area contributed by atoms with Gasteiger partial charge in [0.25, 0.3) is 0 Å². The molecule has 0 aliphatic heterocycles. The molecule has 0 fully saturated rings. The van der Waals surface area contributed by atoms with E-state index in [1.54, 1.807) is 13.8 Å². The number of hydrogen-bond donors (Lipinski definition) is 0. The second-order valence-corrected chi connectivity index (χ2v) is 6.60. The van der Waals surface area contributed by atoms with Crippen LogP contribution in [0.5, 0.6) is 5.88 Å². The molecule has 5 nitrogen and oxygen atoms in total. The average molecular weight is 400 g/mol. The van der Waals surface area contributed by atoms with Crippen LogP contribution in [0.4, 0.5) is 18.9 Å². The molecule has 0 saturated carbocycles. The number of thiazole rings is 1. The molecule has 2 aromatic rings. The summed E-state index contributed by atoms with van der Waals surface area (Å²) >= 11 is 1.11. The van der Waals surface area contributed by atoms with Crippen LogP contribution in [0, 0.1) is 0 Å². The molecule has 0 saturated heterocycles. The van der Waals surface area contributed by atoms with E-state index in [9.17, 15) is 22.8 Å². The zero-order valence-corrected chi connectivity index (χ0v) is 15.9. The Labute approximate surface area is 158 Å². The predicted molar refractivity (Wildman–Crippen MR) is 95.2 cm³/mol. The van der Waals surface area contributed by atoms with Crippen molar-refractivity contribution < 1.29 is 27.5 Å². The lowest BCUT2D eigenvalue weighted by Gasteiger charge is -2.08. The molecule has 9 heteroatoms. The Bertz CT molecular complexity index is 913. The molecule has 0 unspecified atom stereocenters. The van der Waals surface area contributed by atoms with E-state index in [1.165, 1.54) is 12.1 Å². The molecule has 0 amide bonds. The van der Waals surface area contributed by atoms with Crippen molar-refractivity contribution in [2.75, 3.05) is 0 Å². The number of benzene rings is 1. The van der Waals surface area contributed by atoms with Gasteiger partial charge in [0.05, 0.1) is 16.1 Å². The number of rotatable bonds is 5. The van der Waals surface area contributed by atoms with Crippen LogP contribution in [-0.2, 0) is 17.4 Å². The van der Waals surface area contributed by atoms with Gasteiger partial charge in [0.2, 0.25) is 11.8 Å². The normalized spacial score (nSPS) is 12.3. The van der Waals surface area contributed by atoms with E-state index in [4.69, 9.17) is 4.74 Å². The van der Waals surface area contributed by atoms with Gasteiger partial charge in [-0.05, 0) is 24.6 Å². The van der Waals surface area contributed by atoms with E-state index in [0.717, 1.165) is 28.0 Å². The smallest absolute Gasteiger partial charge is 0.408 e. The van der Waals surface area contributed by atoms with Gasteiger partial charge in [-0.25, -0.2) is 9.56 Å². The van der Waals surface area contributed by atoms with Crippen molar-refractivity contribution in [2.45, 2.75) is 46.2 Å². The third kappa shape index (κ3) is 4.85. The van der Waals surface area contributed by atoms with Gasteiger partial charge in [-0.2, -0.15) is 13.2 Å². The molecule has 0 aliphatic rings. The van der Waals surface area contributed by atoms with Crippen LogP contribution in [0.25, 0.3) is 0 Å². The number of aryl methyl sites for hydroxylation is 1. The summed E-state index contributed by atoms with van der Waals surface area (Å²) in [4.78, 5) is 29.1. The van der Waals surface area contributed by atoms with Crippen LogP contribution < -0.4 is 9.54 Å². The van der Waals surface area contributed by atoms with Crippen LogP contribution in [0.1, 0.15) is 48.8 Å². The highest BCUT2D eigenvalue weighted by molar-refractivity contribution is 7.09. The highest BCUT2D eigenvalue weighted by Crippen LogP contribution is 2.31. The number of hydrogen-bond acceptors (Lipinski definition) is 5. The lowest BCUT2D eigenvalue weighted by molar-refractivity contribution is -0.137. The molecule has 27 heavy (non-hydrogen) atoms. The summed E-state index contributed by atoms with van der Waals surface area (Å²) in [5, 5.41) is 0. The zero-order chi connectivity index (χ0) is 20.2. The fourth-order valence-corrected chi connectivity index (χ4v) is 3.24. The first-order chi connectivity index (χ1) is 12.7. The molecule has 0 spiro atoms. The maximum atomic E-state index is 12.9. The largest absolute Gasteiger partial charge is 0.416 e. The topological polar surface area (TPSA) is 60.7 Å². The van der Waals surface area contributed by atoms with E-state index < -0.39 is 17.7 Å². The first kappa shape index (κ1) is 20.9. The first-order valence-corrected chi connectivity index (χ1v) is 9.23. The monoisotopic (exact) mass is 400 g/mol. The number of halogens is 3. The molecular weight excluding hydrogens is 381 g/mol. The number of ether oxygens (including phenoxy) is 1. The van der Waals surface area contributed by atoms with Gasteiger partial charge in [0.1, 0.15) is 0 Å². The molecule has 1 aromatic carbocycles. The fraction of sp³-hybridized carbons (Fsp3) is 0.389. The molecule has 1 heterocycles. The lowest BCUT2D eigenvalue weighted by atomic mass is 10.2. The van der Waals surface area contributed by atoms with Crippen molar-refractivity contribution >= 4 is 28.9 Å². The van der Waals surface area contributed by atoms with E-state index in [1.807, 2.05) is 6.92 Å². The summed E-state index contributed by atoms with van der Waals surface area (Å²) in [6.45, 7) is 5.09. The molecule has 0 N–H and O–H groups in total. The maximum Gasteiger partial charge on any atom is 0.416 e. The second-order valence-electron chi connectivity index (χ2n) is 5.54. The van der Waals surface area contributed by atoms with E-state index in [0.29, 0.717) is 11.3 Å². The second kappa shape index (κ2) is 8.51.